The van der Waals surface area contributed by atoms with Crippen molar-refractivity contribution < 1.29 is 22.7 Å². The van der Waals surface area contributed by atoms with E-state index in [1.807, 2.05) is 4.90 Å². The summed E-state index contributed by atoms with van der Waals surface area (Å²) in [5.74, 6) is -0.237. The predicted molar refractivity (Wildman–Crippen MR) is 79.8 cm³/mol. The summed E-state index contributed by atoms with van der Waals surface area (Å²) in [5, 5.41) is 0. The third kappa shape index (κ3) is 5.51. The Hall–Kier alpha value is -1.60. The number of carbonyl (C=O) groups excluding carboxylic acids is 1. The van der Waals surface area contributed by atoms with Crippen molar-refractivity contribution in [1.29, 1.82) is 0 Å². The number of rotatable bonds is 5. The molecule has 0 N–H and O–H groups in total. The van der Waals surface area contributed by atoms with Crippen LogP contribution in [0.15, 0.2) is 24.3 Å². The molecule has 0 radical (unpaired) electrons. The second-order valence-electron chi connectivity index (χ2n) is 5.56. The van der Waals surface area contributed by atoms with E-state index >= 15 is 0 Å². The van der Waals surface area contributed by atoms with Crippen LogP contribution in [0.25, 0.3) is 0 Å². The molecule has 1 aromatic carbocycles. The Labute approximate surface area is 133 Å². The van der Waals surface area contributed by atoms with E-state index in [0.717, 1.165) is 19.2 Å². The van der Waals surface area contributed by atoms with Crippen LogP contribution in [0.1, 0.15) is 18.1 Å². The maximum absolute atomic E-state index is 12.7. The molecule has 1 fully saturated rings. The zero-order chi connectivity index (χ0) is 16.9. The van der Waals surface area contributed by atoms with E-state index in [-0.39, 0.29) is 12.5 Å². The van der Waals surface area contributed by atoms with E-state index in [1.165, 1.54) is 12.1 Å². The molecule has 0 aromatic heterocycles. The number of halogens is 3. The first-order valence-electron chi connectivity index (χ1n) is 7.65. The minimum absolute atomic E-state index is 0.237. The fourth-order valence-electron chi connectivity index (χ4n) is 2.60. The van der Waals surface area contributed by atoms with Crippen molar-refractivity contribution in [2.45, 2.75) is 19.6 Å². The molecule has 128 valence electrons. The lowest BCUT2D eigenvalue weighted by Gasteiger charge is -2.34. The Bertz CT molecular complexity index is 526. The molecular weight excluding hydrogens is 309 g/mol. The van der Waals surface area contributed by atoms with Gasteiger partial charge in [-0.25, -0.2) is 0 Å². The summed E-state index contributed by atoms with van der Waals surface area (Å²) in [4.78, 5) is 15.5. The first-order chi connectivity index (χ1) is 10.9. The zero-order valence-electron chi connectivity index (χ0n) is 13.1. The first kappa shape index (κ1) is 17.7. The van der Waals surface area contributed by atoms with Crippen LogP contribution < -0.4 is 0 Å². The largest absolute Gasteiger partial charge is 0.465 e. The number of ether oxygens (including phenoxy) is 1. The molecule has 7 heteroatoms. The molecule has 1 saturated heterocycles. The maximum atomic E-state index is 12.7. The van der Waals surface area contributed by atoms with Crippen molar-refractivity contribution >= 4 is 5.97 Å². The van der Waals surface area contributed by atoms with Gasteiger partial charge >= 0.3 is 12.1 Å². The molecule has 0 bridgehead atoms. The average Bonchev–Trinajstić information content (AvgIpc) is 2.49. The normalized spacial score (nSPS) is 17.2. The van der Waals surface area contributed by atoms with Crippen molar-refractivity contribution in [2.24, 2.45) is 0 Å². The molecule has 0 unspecified atom stereocenters. The van der Waals surface area contributed by atoms with Crippen LogP contribution in [-0.4, -0.2) is 55.1 Å². The number of hydrogen-bond donors (Lipinski definition) is 0. The summed E-state index contributed by atoms with van der Waals surface area (Å²) in [7, 11) is 0. The topological polar surface area (TPSA) is 32.8 Å². The first-order valence-corrected chi connectivity index (χ1v) is 7.65. The highest BCUT2D eigenvalue weighted by atomic mass is 19.4. The van der Waals surface area contributed by atoms with E-state index in [1.54, 1.807) is 13.0 Å². The van der Waals surface area contributed by atoms with Crippen LogP contribution in [0.5, 0.6) is 0 Å². The van der Waals surface area contributed by atoms with Gasteiger partial charge in [-0.15, -0.1) is 0 Å². The van der Waals surface area contributed by atoms with E-state index in [4.69, 9.17) is 4.74 Å². The number of benzene rings is 1. The molecule has 2 rings (SSSR count). The third-order valence-corrected chi connectivity index (χ3v) is 3.78. The van der Waals surface area contributed by atoms with Crippen LogP contribution >= 0.6 is 0 Å². The lowest BCUT2D eigenvalue weighted by Crippen LogP contribution is -2.47. The molecule has 1 aromatic rings. The van der Waals surface area contributed by atoms with Crippen molar-refractivity contribution in [3.8, 4) is 0 Å². The summed E-state index contributed by atoms with van der Waals surface area (Å²) in [6.45, 7) is 5.74. The van der Waals surface area contributed by atoms with E-state index in [0.29, 0.717) is 31.8 Å². The van der Waals surface area contributed by atoms with Gasteiger partial charge in [0.1, 0.15) is 0 Å². The van der Waals surface area contributed by atoms with Crippen LogP contribution in [0, 0.1) is 0 Å². The predicted octanol–water partition coefficient (Wildman–Crippen LogP) is 2.39. The Morgan fingerprint density at radius 2 is 1.83 bits per heavy atom. The molecule has 23 heavy (non-hydrogen) atoms. The summed E-state index contributed by atoms with van der Waals surface area (Å²) < 4.78 is 43.1. The molecule has 0 saturated carbocycles. The second-order valence-corrected chi connectivity index (χ2v) is 5.56. The zero-order valence-corrected chi connectivity index (χ0v) is 13.1. The molecule has 0 atom stereocenters. The minimum atomic E-state index is -4.31. The van der Waals surface area contributed by atoms with Gasteiger partial charge in [0.25, 0.3) is 0 Å². The summed E-state index contributed by atoms with van der Waals surface area (Å²) in [6.07, 6.45) is -4.31. The average molecular weight is 330 g/mol. The molecule has 1 aliphatic heterocycles. The van der Waals surface area contributed by atoms with Gasteiger partial charge in [-0.1, -0.05) is 18.2 Å². The Balaban J connectivity index is 1.84. The van der Waals surface area contributed by atoms with Crippen molar-refractivity contribution in [3.63, 3.8) is 0 Å². The van der Waals surface area contributed by atoms with Crippen LogP contribution in [0.3, 0.4) is 0 Å². The number of nitrogens with zero attached hydrogens (tertiary/aromatic N) is 2. The molecule has 0 spiro atoms. The second kappa shape index (κ2) is 7.79. The highest BCUT2D eigenvalue weighted by Gasteiger charge is 2.30. The Morgan fingerprint density at radius 3 is 2.43 bits per heavy atom. The summed E-state index contributed by atoms with van der Waals surface area (Å²) in [5.41, 5.74) is 0.0367. The fraction of sp³-hybridized carbons (Fsp3) is 0.562. The van der Waals surface area contributed by atoms with E-state index in [9.17, 15) is 18.0 Å². The molecular formula is C16H21F3N2O2. The van der Waals surface area contributed by atoms with Gasteiger partial charge in [0, 0.05) is 32.7 Å². The molecule has 4 nitrogen and oxygen atoms in total. The molecule has 1 heterocycles. The maximum Gasteiger partial charge on any atom is 0.416 e. The van der Waals surface area contributed by atoms with Crippen LogP contribution in [-0.2, 0) is 22.3 Å². The van der Waals surface area contributed by atoms with Crippen LogP contribution in [0.4, 0.5) is 13.2 Å². The van der Waals surface area contributed by atoms with Gasteiger partial charge in [-0.2, -0.15) is 13.2 Å². The van der Waals surface area contributed by atoms with Gasteiger partial charge in [0.2, 0.25) is 0 Å². The van der Waals surface area contributed by atoms with Crippen molar-refractivity contribution in [2.75, 3.05) is 39.3 Å². The SMILES string of the molecule is CCOC(=O)CN1CCN(Cc2cccc(C(F)(F)F)c2)CC1. The van der Waals surface area contributed by atoms with Crippen LogP contribution in [0.2, 0.25) is 0 Å². The summed E-state index contributed by atoms with van der Waals surface area (Å²) in [6, 6.07) is 5.43. The lowest BCUT2D eigenvalue weighted by molar-refractivity contribution is -0.144. The molecule has 0 amide bonds. The number of carbonyl (C=O) groups is 1. The Kier molecular flexibility index (Phi) is 6.01. The highest BCUT2D eigenvalue weighted by Crippen LogP contribution is 2.29. The third-order valence-electron chi connectivity index (χ3n) is 3.78. The van der Waals surface area contributed by atoms with Gasteiger partial charge in [0.05, 0.1) is 18.7 Å². The quantitative estimate of drug-likeness (QED) is 0.776. The monoisotopic (exact) mass is 330 g/mol. The lowest BCUT2D eigenvalue weighted by atomic mass is 10.1. The van der Waals surface area contributed by atoms with E-state index in [2.05, 4.69) is 4.90 Å². The number of alkyl halides is 3. The summed E-state index contributed by atoms with van der Waals surface area (Å²) >= 11 is 0. The Morgan fingerprint density at radius 1 is 1.17 bits per heavy atom. The van der Waals surface area contributed by atoms with Gasteiger partial charge in [-0.05, 0) is 18.6 Å². The molecule has 1 aliphatic rings. The van der Waals surface area contributed by atoms with Crippen molar-refractivity contribution in [1.82, 2.24) is 9.80 Å². The van der Waals surface area contributed by atoms with Gasteiger partial charge < -0.3 is 4.74 Å². The van der Waals surface area contributed by atoms with Gasteiger partial charge in [-0.3, -0.25) is 14.6 Å². The minimum Gasteiger partial charge on any atom is -0.465 e. The smallest absolute Gasteiger partial charge is 0.416 e. The van der Waals surface area contributed by atoms with Gasteiger partial charge in [0.15, 0.2) is 0 Å². The highest BCUT2D eigenvalue weighted by molar-refractivity contribution is 5.71. The standard InChI is InChI=1S/C16H21F3N2O2/c1-2-23-15(22)12-21-8-6-20(7-9-21)11-13-4-3-5-14(10-13)16(17,18)19/h3-5,10H,2,6-9,11-12H2,1H3. The van der Waals surface area contributed by atoms with E-state index < -0.39 is 11.7 Å². The van der Waals surface area contributed by atoms with Crippen molar-refractivity contribution in [3.05, 3.63) is 35.4 Å². The number of piperazine rings is 1. The fourth-order valence-corrected chi connectivity index (χ4v) is 2.60. The number of hydrogen-bond acceptors (Lipinski definition) is 4. The molecule has 0 aliphatic carbocycles. The number of esters is 1.